The topological polar surface area (TPSA) is 67.4 Å². The zero-order valence-electron chi connectivity index (χ0n) is 12.3. The van der Waals surface area contributed by atoms with Gasteiger partial charge in [-0.2, -0.15) is 0 Å². The van der Waals surface area contributed by atoms with Crippen LogP contribution in [0.15, 0.2) is 24.3 Å². The molecule has 1 atom stereocenters. The highest BCUT2D eigenvalue weighted by atomic mass is 32.2. The van der Waals surface area contributed by atoms with Crippen molar-refractivity contribution in [3.8, 4) is 5.75 Å². The lowest BCUT2D eigenvalue weighted by Gasteiger charge is -2.14. The Morgan fingerprint density at radius 2 is 2.00 bits per heavy atom. The van der Waals surface area contributed by atoms with E-state index in [-0.39, 0.29) is 0 Å². The van der Waals surface area contributed by atoms with Crippen LogP contribution >= 0.6 is 0 Å². The van der Waals surface area contributed by atoms with Crippen LogP contribution in [0.5, 0.6) is 5.75 Å². The van der Waals surface area contributed by atoms with Gasteiger partial charge in [-0.15, -0.1) is 0 Å². The molecule has 1 rings (SSSR count). The van der Waals surface area contributed by atoms with Crippen molar-refractivity contribution >= 4 is 10.0 Å². The maximum absolute atomic E-state index is 12.0. The maximum atomic E-state index is 12.0. The third-order valence-corrected chi connectivity index (χ3v) is 4.93. The Bertz CT molecular complexity index is 503. The first-order chi connectivity index (χ1) is 9.51. The lowest BCUT2D eigenvalue weighted by molar-refractivity contribution is 0.409. The fraction of sp³-hybridized carbons (Fsp3) is 0.571. The van der Waals surface area contributed by atoms with Gasteiger partial charge in [0.1, 0.15) is 5.75 Å². The minimum Gasteiger partial charge on any atom is -0.496 e. The van der Waals surface area contributed by atoms with E-state index in [1.165, 1.54) is 0 Å². The number of rotatable bonds is 9. The number of ether oxygens (including phenoxy) is 1. The van der Waals surface area contributed by atoms with Crippen LogP contribution in [0.2, 0.25) is 0 Å². The highest BCUT2D eigenvalue weighted by Crippen LogP contribution is 2.17. The number of hydrogen-bond acceptors (Lipinski definition) is 4. The van der Waals surface area contributed by atoms with Gasteiger partial charge in [0.25, 0.3) is 0 Å². The van der Waals surface area contributed by atoms with E-state index in [1.54, 1.807) is 14.0 Å². The van der Waals surface area contributed by atoms with Crippen LogP contribution in [0, 0.1) is 0 Å². The number of para-hydroxylation sites is 1. The van der Waals surface area contributed by atoms with Gasteiger partial charge < -0.3 is 10.1 Å². The third-order valence-electron chi connectivity index (χ3n) is 3.10. The summed E-state index contributed by atoms with van der Waals surface area (Å²) < 4.78 is 31.9. The number of nitrogens with one attached hydrogen (secondary N) is 2. The Hall–Kier alpha value is -1.11. The van der Waals surface area contributed by atoms with E-state index < -0.39 is 15.3 Å². The van der Waals surface area contributed by atoms with Gasteiger partial charge in [0.05, 0.1) is 12.4 Å². The lowest BCUT2D eigenvalue weighted by Crippen LogP contribution is -2.39. The SMILES string of the molecule is CCNCC(C)S(=O)(=O)NCCc1ccccc1OC. The summed E-state index contributed by atoms with van der Waals surface area (Å²) in [5.74, 6) is 0.785. The molecule has 0 radical (unpaired) electrons. The molecule has 0 spiro atoms. The average Bonchev–Trinajstić information content (AvgIpc) is 2.45. The molecule has 0 amide bonds. The van der Waals surface area contributed by atoms with Gasteiger partial charge in [-0.1, -0.05) is 25.1 Å². The van der Waals surface area contributed by atoms with Crippen LogP contribution in [-0.2, 0) is 16.4 Å². The minimum atomic E-state index is -3.28. The van der Waals surface area contributed by atoms with Crippen molar-refractivity contribution in [2.24, 2.45) is 0 Å². The van der Waals surface area contributed by atoms with Gasteiger partial charge in [0.2, 0.25) is 10.0 Å². The van der Waals surface area contributed by atoms with Crippen LogP contribution < -0.4 is 14.8 Å². The number of benzene rings is 1. The van der Waals surface area contributed by atoms with E-state index in [0.717, 1.165) is 17.9 Å². The zero-order chi connectivity index (χ0) is 15.0. The van der Waals surface area contributed by atoms with Crippen molar-refractivity contribution < 1.29 is 13.2 Å². The Balaban J connectivity index is 2.50. The molecular weight excluding hydrogens is 276 g/mol. The van der Waals surface area contributed by atoms with Crippen molar-refractivity contribution in [1.82, 2.24) is 10.0 Å². The largest absolute Gasteiger partial charge is 0.496 e. The van der Waals surface area contributed by atoms with Gasteiger partial charge in [-0.3, -0.25) is 0 Å². The normalized spacial score (nSPS) is 13.2. The summed E-state index contributed by atoms with van der Waals surface area (Å²) in [7, 11) is -1.66. The molecule has 114 valence electrons. The van der Waals surface area contributed by atoms with E-state index in [9.17, 15) is 8.42 Å². The van der Waals surface area contributed by atoms with Crippen LogP contribution in [0.4, 0.5) is 0 Å². The molecule has 0 fully saturated rings. The Morgan fingerprint density at radius 1 is 1.30 bits per heavy atom. The Labute approximate surface area is 121 Å². The molecule has 2 N–H and O–H groups in total. The second kappa shape index (κ2) is 8.24. The fourth-order valence-corrected chi connectivity index (χ4v) is 2.85. The van der Waals surface area contributed by atoms with E-state index in [1.807, 2.05) is 31.2 Å². The van der Waals surface area contributed by atoms with Gasteiger partial charge >= 0.3 is 0 Å². The third kappa shape index (κ3) is 5.11. The van der Waals surface area contributed by atoms with E-state index in [0.29, 0.717) is 19.5 Å². The number of methoxy groups -OCH3 is 1. The molecule has 0 heterocycles. The van der Waals surface area contributed by atoms with E-state index in [4.69, 9.17) is 4.74 Å². The van der Waals surface area contributed by atoms with Gasteiger partial charge in [-0.05, 0) is 31.5 Å². The summed E-state index contributed by atoms with van der Waals surface area (Å²) in [5, 5.41) is 2.60. The molecule has 0 saturated carbocycles. The summed E-state index contributed by atoms with van der Waals surface area (Å²) in [5.41, 5.74) is 0.997. The minimum absolute atomic E-state index is 0.374. The highest BCUT2D eigenvalue weighted by Gasteiger charge is 2.19. The van der Waals surface area contributed by atoms with Crippen molar-refractivity contribution in [2.75, 3.05) is 26.7 Å². The van der Waals surface area contributed by atoms with Crippen LogP contribution in [-0.4, -0.2) is 40.4 Å². The van der Waals surface area contributed by atoms with Crippen molar-refractivity contribution in [2.45, 2.75) is 25.5 Å². The monoisotopic (exact) mass is 300 g/mol. The van der Waals surface area contributed by atoms with E-state index in [2.05, 4.69) is 10.0 Å². The van der Waals surface area contributed by atoms with Gasteiger partial charge in [-0.25, -0.2) is 13.1 Å². The molecule has 5 nitrogen and oxygen atoms in total. The summed E-state index contributed by atoms with van der Waals surface area (Å²) in [6.45, 7) is 5.25. The van der Waals surface area contributed by atoms with Gasteiger partial charge in [0.15, 0.2) is 0 Å². The molecule has 0 bridgehead atoms. The molecule has 6 heteroatoms. The van der Waals surface area contributed by atoms with E-state index >= 15 is 0 Å². The first-order valence-corrected chi connectivity index (χ1v) is 8.37. The zero-order valence-corrected chi connectivity index (χ0v) is 13.2. The van der Waals surface area contributed by atoms with Gasteiger partial charge in [0, 0.05) is 13.1 Å². The molecule has 1 aromatic rings. The second-order valence-corrected chi connectivity index (χ2v) is 6.80. The van der Waals surface area contributed by atoms with Crippen molar-refractivity contribution in [3.63, 3.8) is 0 Å². The predicted octanol–water partition coefficient (Wildman–Crippen LogP) is 1.16. The van der Waals surface area contributed by atoms with Crippen molar-refractivity contribution in [1.29, 1.82) is 0 Å². The molecule has 1 unspecified atom stereocenters. The summed E-state index contributed by atoms with van der Waals surface area (Å²) in [6, 6.07) is 7.62. The Kier molecular flexibility index (Phi) is 6.98. The smallest absolute Gasteiger partial charge is 0.215 e. The van der Waals surface area contributed by atoms with Crippen LogP contribution in [0.25, 0.3) is 0 Å². The number of hydrogen-bond donors (Lipinski definition) is 2. The first kappa shape index (κ1) is 16.9. The fourth-order valence-electron chi connectivity index (χ4n) is 1.84. The highest BCUT2D eigenvalue weighted by molar-refractivity contribution is 7.90. The van der Waals surface area contributed by atoms with Crippen LogP contribution in [0.1, 0.15) is 19.4 Å². The molecular formula is C14H24N2O3S. The summed E-state index contributed by atoms with van der Waals surface area (Å²) >= 11 is 0. The molecule has 0 aromatic heterocycles. The average molecular weight is 300 g/mol. The lowest BCUT2D eigenvalue weighted by atomic mass is 10.1. The standard InChI is InChI=1S/C14H24N2O3S/c1-4-15-11-12(2)20(17,18)16-10-9-13-7-5-6-8-14(13)19-3/h5-8,12,15-16H,4,9-11H2,1-3H3. The first-order valence-electron chi connectivity index (χ1n) is 6.82. The molecule has 0 aliphatic rings. The molecule has 0 aliphatic carbocycles. The summed E-state index contributed by atoms with van der Waals surface area (Å²) in [4.78, 5) is 0. The number of sulfonamides is 1. The second-order valence-electron chi connectivity index (χ2n) is 4.62. The predicted molar refractivity (Wildman–Crippen MR) is 81.6 cm³/mol. The molecule has 20 heavy (non-hydrogen) atoms. The molecule has 0 saturated heterocycles. The summed E-state index contributed by atoms with van der Waals surface area (Å²) in [6.07, 6.45) is 0.608. The Morgan fingerprint density at radius 3 is 2.65 bits per heavy atom. The van der Waals surface area contributed by atoms with Crippen LogP contribution in [0.3, 0.4) is 0 Å². The van der Waals surface area contributed by atoms with Crippen molar-refractivity contribution in [3.05, 3.63) is 29.8 Å². The quantitative estimate of drug-likeness (QED) is 0.718. The maximum Gasteiger partial charge on any atom is 0.215 e. The molecule has 0 aliphatic heterocycles. The molecule has 1 aromatic carbocycles.